The molecule has 3 rings (SSSR count). The summed E-state index contributed by atoms with van der Waals surface area (Å²) in [6.45, 7) is 3.55. The van der Waals surface area contributed by atoms with E-state index in [4.69, 9.17) is 11.6 Å². The van der Waals surface area contributed by atoms with Gasteiger partial charge in [-0.05, 0) is 63.8 Å². The topological polar surface area (TPSA) is 86.8 Å². The van der Waals surface area contributed by atoms with Gasteiger partial charge in [0, 0.05) is 17.1 Å². The maximum atomic E-state index is 12.7. The van der Waals surface area contributed by atoms with E-state index in [9.17, 15) is 18.0 Å². The first-order valence-corrected chi connectivity index (χ1v) is 11.8. The van der Waals surface area contributed by atoms with Crippen molar-refractivity contribution < 1.29 is 18.0 Å². The molecule has 2 aromatic carbocycles. The lowest BCUT2D eigenvalue weighted by atomic mass is 9.95. The minimum Gasteiger partial charge on any atom is -0.350 e. The third kappa shape index (κ3) is 4.76. The number of carbonyl (C=O) groups excluding carboxylic acids is 2. The number of nitrogens with one attached hydrogen (secondary N) is 1. The Morgan fingerprint density at radius 3 is 2.29 bits per heavy atom. The van der Waals surface area contributed by atoms with Gasteiger partial charge in [-0.2, -0.15) is 0 Å². The van der Waals surface area contributed by atoms with Gasteiger partial charge in [0.25, 0.3) is 5.91 Å². The zero-order chi connectivity index (χ0) is 23.0. The van der Waals surface area contributed by atoms with Crippen molar-refractivity contribution in [2.24, 2.45) is 5.41 Å². The molecule has 31 heavy (non-hydrogen) atoms. The molecule has 166 valence electrons. The maximum Gasteiger partial charge on any atom is 0.251 e. The minimum absolute atomic E-state index is 0.119. The molecule has 1 aliphatic rings. The van der Waals surface area contributed by atoms with Gasteiger partial charge in [0.05, 0.1) is 22.9 Å². The van der Waals surface area contributed by atoms with Crippen molar-refractivity contribution in [1.29, 1.82) is 0 Å². The summed E-state index contributed by atoms with van der Waals surface area (Å²) in [5, 5.41) is 3.52. The largest absolute Gasteiger partial charge is 0.350 e. The van der Waals surface area contributed by atoms with Crippen molar-refractivity contribution >= 4 is 39.1 Å². The molecule has 0 radical (unpaired) electrons. The highest BCUT2D eigenvalue weighted by Gasteiger charge is 2.49. The number of carbonyl (C=O) groups is 2. The van der Waals surface area contributed by atoms with E-state index in [2.05, 4.69) is 5.32 Å². The van der Waals surface area contributed by atoms with Gasteiger partial charge < -0.3 is 10.2 Å². The van der Waals surface area contributed by atoms with E-state index in [1.165, 1.54) is 24.3 Å². The summed E-state index contributed by atoms with van der Waals surface area (Å²) in [6, 6.07) is 13.3. The molecule has 1 unspecified atom stereocenters. The summed E-state index contributed by atoms with van der Waals surface area (Å²) in [5.74, 6) is -1.02. The second-order valence-electron chi connectivity index (χ2n) is 8.47. The molecule has 1 fully saturated rings. The molecule has 1 atom stereocenters. The van der Waals surface area contributed by atoms with Crippen LogP contribution in [0.25, 0.3) is 0 Å². The van der Waals surface area contributed by atoms with Gasteiger partial charge in [0.1, 0.15) is 0 Å². The van der Waals surface area contributed by atoms with Crippen LogP contribution in [0.2, 0.25) is 5.02 Å². The average molecular weight is 464 g/mol. The molecule has 2 aromatic rings. The van der Waals surface area contributed by atoms with Crippen LogP contribution in [0.3, 0.4) is 0 Å². The summed E-state index contributed by atoms with van der Waals surface area (Å²) in [5.41, 5.74) is 0.526. The number of amides is 2. The van der Waals surface area contributed by atoms with Crippen molar-refractivity contribution in [2.45, 2.75) is 19.9 Å². The van der Waals surface area contributed by atoms with Crippen LogP contribution in [-0.2, 0) is 14.8 Å². The van der Waals surface area contributed by atoms with Gasteiger partial charge in [0.2, 0.25) is 15.9 Å². The summed E-state index contributed by atoms with van der Waals surface area (Å²) >= 11 is 6.31. The third-order valence-corrected chi connectivity index (χ3v) is 7.66. The minimum atomic E-state index is -3.73. The van der Waals surface area contributed by atoms with Crippen molar-refractivity contribution in [3.8, 4) is 0 Å². The molecular formula is C22H26ClN3O4S. The Labute approximate surface area is 188 Å². The molecular weight excluding hydrogens is 438 g/mol. The fourth-order valence-electron chi connectivity index (χ4n) is 3.62. The average Bonchev–Trinajstić information content (AvgIpc) is 2.85. The molecule has 1 heterocycles. The van der Waals surface area contributed by atoms with Crippen molar-refractivity contribution in [1.82, 2.24) is 10.2 Å². The van der Waals surface area contributed by atoms with Gasteiger partial charge in [-0.25, -0.2) is 12.7 Å². The summed E-state index contributed by atoms with van der Waals surface area (Å²) in [4.78, 5) is 27.1. The Hall–Kier alpha value is -2.42. The lowest BCUT2D eigenvalue weighted by molar-refractivity contribution is -0.123. The second kappa shape index (κ2) is 8.61. The lowest BCUT2D eigenvalue weighted by Gasteiger charge is -2.26. The zero-order valence-corrected chi connectivity index (χ0v) is 19.5. The third-order valence-electron chi connectivity index (χ3n) is 5.29. The number of hydrogen-bond acceptors (Lipinski definition) is 5. The first-order chi connectivity index (χ1) is 14.4. The lowest BCUT2D eigenvalue weighted by Crippen LogP contribution is -2.35. The highest BCUT2D eigenvalue weighted by atomic mass is 35.5. The Balaban J connectivity index is 1.74. The highest BCUT2D eigenvalue weighted by molar-refractivity contribution is 7.94. The molecule has 0 bridgehead atoms. The maximum absolute atomic E-state index is 12.7. The molecule has 1 saturated heterocycles. The van der Waals surface area contributed by atoms with Crippen LogP contribution in [-0.4, -0.2) is 51.5 Å². The van der Waals surface area contributed by atoms with Gasteiger partial charge in [-0.15, -0.1) is 0 Å². The monoisotopic (exact) mass is 463 g/mol. The molecule has 0 saturated carbocycles. The van der Waals surface area contributed by atoms with Crippen molar-refractivity contribution in [2.75, 3.05) is 30.7 Å². The number of likely N-dealkylation sites (N-methyl/N-ethyl adjacent to an activating group) is 1. The Morgan fingerprint density at radius 1 is 1.16 bits per heavy atom. The zero-order valence-electron chi connectivity index (χ0n) is 17.9. The van der Waals surface area contributed by atoms with Crippen LogP contribution in [0.1, 0.15) is 35.8 Å². The normalized spacial score (nSPS) is 18.3. The molecule has 7 nitrogen and oxygen atoms in total. The van der Waals surface area contributed by atoms with E-state index < -0.39 is 21.3 Å². The van der Waals surface area contributed by atoms with E-state index in [1.54, 1.807) is 13.8 Å². The molecule has 1 N–H and O–H groups in total. The summed E-state index contributed by atoms with van der Waals surface area (Å²) in [7, 11) is 0.0828. The fourth-order valence-corrected chi connectivity index (χ4v) is 5.99. The van der Waals surface area contributed by atoms with E-state index in [0.29, 0.717) is 17.1 Å². The molecule has 0 spiro atoms. The Bertz CT molecular complexity index is 1100. The first kappa shape index (κ1) is 23.2. The van der Waals surface area contributed by atoms with E-state index >= 15 is 0 Å². The Kier molecular flexibility index (Phi) is 6.45. The van der Waals surface area contributed by atoms with Crippen LogP contribution in [0, 0.1) is 5.41 Å². The van der Waals surface area contributed by atoms with E-state index in [0.717, 1.165) is 9.87 Å². The fraction of sp³-hybridized carbons (Fsp3) is 0.364. The van der Waals surface area contributed by atoms with Crippen LogP contribution in [0.5, 0.6) is 0 Å². The number of halogens is 1. The van der Waals surface area contributed by atoms with Gasteiger partial charge >= 0.3 is 0 Å². The number of anilines is 1. The van der Waals surface area contributed by atoms with Crippen molar-refractivity contribution in [3.63, 3.8) is 0 Å². The van der Waals surface area contributed by atoms with Crippen molar-refractivity contribution in [3.05, 3.63) is 64.7 Å². The van der Waals surface area contributed by atoms with Gasteiger partial charge in [-0.3, -0.25) is 9.59 Å². The molecule has 0 aromatic heterocycles. The quantitative estimate of drug-likeness (QED) is 0.711. The molecule has 9 heteroatoms. The summed E-state index contributed by atoms with van der Waals surface area (Å²) in [6.07, 6.45) is 0. The van der Waals surface area contributed by atoms with Gasteiger partial charge in [0.15, 0.2) is 0 Å². The number of hydrogen-bond donors (Lipinski definition) is 1. The van der Waals surface area contributed by atoms with Crippen LogP contribution < -0.4 is 9.62 Å². The first-order valence-electron chi connectivity index (χ1n) is 9.80. The SMILES string of the molecule is CN(C)C(CNC(=O)c1ccc(N2C(=O)C(C)(C)CS2(=O)=O)cc1)c1ccccc1Cl. The molecule has 1 aliphatic heterocycles. The predicted octanol–water partition coefficient (Wildman–Crippen LogP) is 3.08. The second-order valence-corrected chi connectivity index (χ2v) is 10.7. The van der Waals surface area contributed by atoms with Crippen LogP contribution in [0.4, 0.5) is 5.69 Å². The molecule has 2 amide bonds. The standard InChI is InChI=1S/C22H26ClN3O4S/c1-22(2)14-31(29,30)26(21(22)28)16-11-9-15(10-12-16)20(27)24-13-19(25(3)4)17-7-5-6-8-18(17)23/h5-12,19H,13-14H2,1-4H3,(H,24,27). The van der Waals surface area contributed by atoms with E-state index in [1.807, 2.05) is 43.3 Å². The van der Waals surface area contributed by atoms with Crippen LogP contribution in [0.15, 0.2) is 48.5 Å². The highest BCUT2D eigenvalue weighted by Crippen LogP contribution is 2.35. The van der Waals surface area contributed by atoms with E-state index in [-0.39, 0.29) is 23.4 Å². The summed E-state index contributed by atoms with van der Waals surface area (Å²) < 4.78 is 25.7. The van der Waals surface area contributed by atoms with Gasteiger partial charge in [-0.1, -0.05) is 29.8 Å². The smallest absolute Gasteiger partial charge is 0.251 e. The van der Waals surface area contributed by atoms with Crippen LogP contribution >= 0.6 is 11.6 Å². The Morgan fingerprint density at radius 2 is 1.77 bits per heavy atom. The molecule has 0 aliphatic carbocycles. The predicted molar refractivity (Wildman–Crippen MR) is 122 cm³/mol. The number of rotatable bonds is 6. The number of benzene rings is 2. The number of sulfonamides is 1. The number of nitrogens with zero attached hydrogens (tertiary/aromatic N) is 2.